The molecule has 0 bridgehead atoms. The first-order valence-corrected chi connectivity index (χ1v) is 8.88. The molecule has 21 heavy (non-hydrogen) atoms. The zero-order valence-electron chi connectivity index (χ0n) is 13.0. The average Bonchev–Trinajstić information content (AvgIpc) is 2.47. The molecule has 1 fully saturated rings. The Morgan fingerprint density at radius 1 is 1.33 bits per heavy atom. The minimum atomic E-state index is -3.44. The quantitative estimate of drug-likeness (QED) is 0.906. The van der Waals surface area contributed by atoms with Crippen molar-refractivity contribution in [2.75, 3.05) is 26.2 Å². The Hall–Kier alpha value is -0.950. The highest BCUT2D eigenvalue weighted by atomic mass is 32.2. The van der Waals surface area contributed by atoms with Gasteiger partial charge in [0, 0.05) is 32.2 Å². The number of likely N-dealkylation sites (N-methyl/N-ethyl adjacent to an activating group) is 1. The zero-order chi connectivity index (χ0) is 15.6. The summed E-state index contributed by atoms with van der Waals surface area (Å²) in [5.74, 6) is 0. The highest BCUT2D eigenvalue weighted by molar-refractivity contribution is 7.89. The van der Waals surface area contributed by atoms with Gasteiger partial charge in [0.05, 0.1) is 4.90 Å². The number of hydrogen-bond acceptors (Lipinski definition) is 4. The van der Waals surface area contributed by atoms with Crippen LogP contribution in [-0.4, -0.2) is 49.8 Å². The van der Waals surface area contributed by atoms with Gasteiger partial charge in [0.1, 0.15) is 0 Å². The van der Waals surface area contributed by atoms with Crippen LogP contribution in [0.5, 0.6) is 0 Å². The molecular weight excluding hydrogens is 286 g/mol. The predicted octanol–water partition coefficient (Wildman–Crippen LogP) is 1.17. The van der Waals surface area contributed by atoms with Crippen LogP contribution >= 0.6 is 0 Å². The lowest BCUT2D eigenvalue weighted by Crippen LogP contribution is -2.53. The summed E-state index contributed by atoms with van der Waals surface area (Å²) in [5, 5.41) is 0. The minimum Gasteiger partial charge on any atom is -0.326 e. The van der Waals surface area contributed by atoms with E-state index in [4.69, 9.17) is 5.73 Å². The van der Waals surface area contributed by atoms with Gasteiger partial charge in [-0.25, -0.2) is 8.42 Å². The fraction of sp³-hybridized carbons (Fsp3) is 0.600. The molecule has 5 nitrogen and oxygen atoms in total. The van der Waals surface area contributed by atoms with E-state index in [0.717, 1.165) is 24.2 Å². The molecule has 6 heteroatoms. The number of benzene rings is 1. The molecule has 118 valence electrons. The Balaban J connectivity index is 2.31. The second kappa shape index (κ2) is 6.44. The van der Waals surface area contributed by atoms with E-state index in [9.17, 15) is 8.42 Å². The van der Waals surface area contributed by atoms with E-state index < -0.39 is 10.0 Å². The first-order valence-electron chi connectivity index (χ1n) is 7.44. The van der Waals surface area contributed by atoms with Gasteiger partial charge in [-0.05, 0) is 37.6 Å². The monoisotopic (exact) mass is 311 g/mol. The number of aryl methyl sites for hydroxylation is 1. The van der Waals surface area contributed by atoms with Crippen LogP contribution in [0.15, 0.2) is 23.1 Å². The summed E-state index contributed by atoms with van der Waals surface area (Å²) in [7, 11) is -3.44. The highest BCUT2D eigenvalue weighted by Crippen LogP contribution is 2.23. The predicted molar refractivity (Wildman–Crippen MR) is 84.5 cm³/mol. The molecule has 2 N–H and O–H groups in total. The van der Waals surface area contributed by atoms with Crippen molar-refractivity contribution in [1.29, 1.82) is 0 Å². The normalized spacial score (nSPS) is 21.6. The summed E-state index contributed by atoms with van der Waals surface area (Å²) in [6.07, 6.45) is 0. The van der Waals surface area contributed by atoms with Gasteiger partial charge < -0.3 is 5.73 Å². The van der Waals surface area contributed by atoms with Gasteiger partial charge in [0.25, 0.3) is 0 Å². The van der Waals surface area contributed by atoms with E-state index in [1.54, 1.807) is 10.4 Å². The van der Waals surface area contributed by atoms with Crippen LogP contribution in [0.3, 0.4) is 0 Å². The number of nitrogens with two attached hydrogens (primary N) is 1. The van der Waals surface area contributed by atoms with E-state index in [2.05, 4.69) is 18.7 Å². The molecule has 0 spiro atoms. The molecule has 0 radical (unpaired) electrons. The van der Waals surface area contributed by atoms with Gasteiger partial charge in [-0.1, -0.05) is 19.1 Å². The third-order valence-electron chi connectivity index (χ3n) is 4.24. The van der Waals surface area contributed by atoms with E-state index in [1.165, 1.54) is 0 Å². The molecule has 0 saturated carbocycles. The van der Waals surface area contributed by atoms with Crippen LogP contribution in [0.4, 0.5) is 0 Å². The maximum Gasteiger partial charge on any atom is 0.243 e. The first-order chi connectivity index (χ1) is 9.90. The Kier molecular flexibility index (Phi) is 5.03. The second-order valence-electron chi connectivity index (χ2n) is 5.64. The van der Waals surface area contributed by atoms with Crippen LogP contribution in [-0.2, 0) is 16.6 Å². The Bertz CT molecular complexity index is 601. The maximum atomic E-state index is 12.9. The highest BCUT2D eigenvalue weighted by Gasteiger charge is 2.32. The average molecular weight is 311 g/mol. The fourth-order valence-corrected chi connectivity index (χ4v) is 4.63. The van der Waals surface area contributed by atoms with Crippen molar-refractivity contribution in [2.45, 2.75) is 38.3 Å². The Labute approximate surface area is 127 Å². The van der Waals surface area contributed by atoms with Crippen LogP contribution in [0.2, 0.25) is 0 Å². The van der Waals surface area contributed by atoms with Crippen LogP contribution in [0.25, 0.3) is 0 Å². The van der Waals surface area contributed by atoms with Gasteiger partial charge in [0.2, 0.25) is 10.0 Å². The van der Waals surface area contributed by atoms with Crippen molar-refractivity contribution < 1.29 is 8.42 Å². The summed E-state index contributed by atoms with van der Waals surface area (Å²) in [4.78, 5) is 2.69. The third kappa shape index (κ3) is 3.29. The zero-order valence-corrected chi connectivity index (χ0v) is 13.9. The van der Waals surface area contributed by atoms with E-state index >= 15 is 0 Å². The van der Waals surface area contributed by atoms with E-state index in [-0.39, 0.29) is 6.04 Å². The van der Waals surface area contributed by atoms with Crippen molar-refractivity contribution in [3.8, 4) is 0 Å². The first kappa shape index (κ1) is 16.4. The molecule has 0 aromatic heterocycles. The number of nitrogens with zero attached hydrogens (tertiary/aromatic N) is 2. The van der Waals surface area contributed by atoms with Crippen molar-refractivity contribution in [1.82, 2.24) is 9.21 Å². The Morgan fingerprint density at radius 3 is 2.62 bits per heavy atom. The summed E-state index contributed by atoms with van der Waals surface area (Å²) in [6, 6.07) is 5.67. The Morgan fingerprint density at radius 2 is 2.05 bits per heavy atom. The lowest BCUT2D eigenvalue weighted by Gasteiger charge is -2.38. The van der Waals surface area contributed by atoms with Gasteiger partial charge >= 0.3 is 0 Å². The summed E-state index contributed by atoms with van der Waals surface area (Å²) < 4.78 is 27.4. The summed E-state index contributed by atoms with van der Waals surface area (Å²) in [5.41, 5.74) is 7.26. The number of sulfonamides is 1. The largest absolute Gasteiger partial charge is 0.326 e. The lowest BCUT2D eigenvalue weighted by molar-refractivity contribution is 0.135. The standard InChI is InChI=1S/C15H25N3O2S/c1-4-17-7-8-18(11-13(17)3)21(19,20)15-9-14(10-16)6-5-12(15)2/h5-6,9,13H,4,7-8,10-11,16H2,1-3H3. The topological polar surface area (TPSA) is 66.6 Å². The van der Waals surface area contributed by atoms with E-state index in [0.29, 0.717) is 24.5 Å². The lowest BCUT2D eigenvalue weighted by atomic mass is 10.1. The molecule has 1 aliphatic rings. The molecule has 1 aliphatic heterocycles. The third-order valence-corrected chi connectivity index (χ3v) is 6.25. The number of rotatable bonds is 4. The molecule has 0 amide bonds. The molecule has 1 atom stereocenters. The summed E-state index contributed by atoms with van der Waals surface area (Å²) in [6.45, 7) is 9.20. The van der Waals surface area contributed by atoms with Gasteiger partial charge in [-0.3, -0.25) is 4.90 Å². The van der Waals surface area contributed by atoms with Crippen molar-refractivity contribution in [2.24, 2.45) is 5.73 Å². The van der Waals surface area contributed by atoms with Crippen LogP contribution in [0, 0.1) is 6.92 Å². The molecule has 0 aliphatic carbocycles. The van der Waals surface area contributed by atoms with Gasteiger partial charge in [-0.2, -0.15) is 4.31 Å². The fourth-order valence-electron chi connectivity index (χ4n) is 2.84. The summed E-state index contributed by atoms with van der Waals surface area (Å²) >= 11 is 0. The van der Waals surface area contributed by atoms with Crippen LogP contribution < -0.4 is 5.73 Å². The van der Waals surface area contributed by atoms with Crippen molar-refractivity contribution >= 4 is 10.0 Å². The SMILES string of the molecule is CCN1CCN(S(=O)(=O)c2cc(CN)ccc2C)CC1C. The van der Waals surface area contributed by atoms with Gasteiger partial charge in [-0.15, -0.1) is 0 Å². The maximum absolute atomic E-state index is 12.9. The van der Waals surface area contributed by atoms with Crippen molar-refractivity contribution in [3.05, 3.63) is 29.3 Å². The number of hydrogen-bond donors (Lipinski definition) is 1. The molecule has 2 rings (SSSR count). The molecule has 1 heterocycles. The van der Waals surface area contributed by atoms with Crippen LogP contribution in [0.1, 0.15) is 25.0 Å². The molecule has 1 aromatic carbocycles. The number of piperazine rings is 1. The molecule has 1 unspecified atom stereocenters. The second-order valence-corrected chi connectivity index (χ2v) is 7.55. The molecular formula is C15H25N3O2S. The minimum absolute atomic E-state index is 0.247. The smallest absolute Gasteiger partial charge is 0.243 e. The van der Waals surface area contributed by atoms with E-state index in [1.807, 2.05) is 19.1 Å². The van der Waals surface area contributed by atoms with Gasteiger partial charge in [0.15, 0.2) is 0 Å². The van der Waals surface area contributed by atoms with Crippen molar-refractivity contribution in [3.63, 3.8) is 0 Å². The molecule has 1 aromatic rings. The molecule has 1 saturated heterocycles.